The monoisotopic (exact) mass is 568 g/mol. The number of fused-ring (bicyclic) bond motifs is 1. The first kappa shape index (κ1) is 27.6. The van der Waals surface area contributed by atoms with E-state index in [-0.39, 0.29) is 0 Å². The Bertz CT molecular complexity index is 1120. The Morgan fingerprint density at radius 1 is 0.941 bits per heavy atom. The third kappa shape index (κ3) is 4.51. The predicted molar refractivity (Wildman–Crippen MR) is 99.1 cm³/mol. The van der Waals surface area contributed by atoms with Crippen LogP contribution in [0.15, 0.2) is 40.9 Å². The number of ketones is 1. The topological polar surface area (TPSA) is 43.4 Å². The van der Waals surface area contributed by atoms with Gasteiger partial charge in [0.25, 0.3) is 0 Å². The van der Waals surface area contributed by atoms with Crippen LogP contribution in [0.2, 0.25) is 0 Å². The average Bonchev–Trinajstić information content (AvgIpc) is 2.85. The van der Waals surface area contributed by atoms with Crippen molar-refractivity contribution in [3.63, 3.8) is 0 Å². The second-order valence-corrected chi connectivity index (χ2v) is 7.52. The van der Waals surface area contributed by atoms with Gasteiger partial charge in [0.1, 0.15) is 11.6 Å². The largest absolute Gasteiger partial charge is 0.461 e. The summed E-state index contributed by atoms with van der Waals surface area (Å²) in [6.07, 6.45) is 0. The second-order valence-electron chi connectivity index (χ2n) is 6.66. The molecule has 0 aliphatic heterocycles. The van der Waals surface area contributed by atoms with Crippen molar-refractivity contribution in [3.8, 4) is 0 Å². The van der Waals surface area contributed by atoms with Gasteiger partial charge in [-0.3, -0.25) is 4.79 Å². The van der Waals surface area contributed by atoms with E-state index in [1.807, 2.05) is 0 Å². The third-order valence-electron chi connectivity index (χ3n) is 4.44. The summed E-state index contributed by atoms with van der Waals surface area (Å²) in [6.45, 7) is 0.745. The standard InChI is InChI=1S/C11H8BrF5O2.C9H3F5O/c1-2-19-9(18)11(16,17)10(14,15)7-4-3-6(13)5-8(7)12;10-4-1-2-6-5(3-4)7(15)9(13,14)8(6,11)12/h3-5H,2H2,1H3;1-3H. The lowest BCUT2D eigenvalue weighted by Gasteiger charge is -2.25. The number of carbonyl (C=O) groups is 2. The van der Waals surface area contributed by atoms with Gasteiger partial charge in [-0.1, -0.05) is 15.9 Å². The molecule has 3 rings (SSSR count). The van der Waals surface area contributed by atoms with E-state index in [1.165, 1.54) is 6.92 Å². The minimum absolute atomic E-state index is 0.395. The summed E-state index contributed by atoms with van der Waals surface area (Å²) < 4.78 is 135. The van der Waals surface area contributed by atoms with Crippen molar-refractivity contribution in [3.05, 3.63) is 69.2 Å². The summed E-state index contributed by atoms with van der Waals surface area (Å²) in [4.78, 5) is 21.8. The molecule has 0 radical (unpaired) electrons. The lowest BCUT2D eigenvalue weighted by atomic mass is 10.0. The van der Waals surface area contributed by atoms with E-state index in [0.717, 1.165) is 0 Å². The average molecular weight is 569 g/mol. The number of rotatable bonds is 4. The van der Waals surface area contributed by atoms with E-state index in [1.54, 1.807) is 0 Å². The summed E-state index contributed by atoms with van der Waals surface area (Å²) >= 11 is 2.56. The fraction of sp³-hybridized carbons (Fsp3) is 0.300. The van der Waals surface area contributed by atoms with Gasteiger partial charge in [-0.15, -0.1) is 0 Å². The maximum atomic E-state index is 13.7. The maximum Gasteiger partial charge on any atom is 0.408 e. The van der Waals surface area contributed by atoms with Crippen molar-refractivity contribution in [1.29, 1.82) is 0 Å². The molecule has 1 aliphatic carbocycles. The van der Waals surface area contributed by atoms with Crippen LogP contribution in [0.1, 0.15) is 28.4 Å². The first-order valence-corrected chi connectivity index (χ1v) is 9.71. The molecule has 1 aliphatic rings. The number of alkyl halides is 8. The molecule has 0 aromatic heterocycles. The van der Waals surface area contributed by atoms with E-state index in [9.17, 15) is 53.5 Å². The molecule has 0 spiro atoms. The molecule has 0 amide bonds. The van der Waals surface area contributed by atoms with Crippen molar-refractivity contribution >= 4 is 27.7 Å². The van der Waals surface area contributed by atoms with Crippen LogP contribution in [0.5, 0.6) is 0 Å². The van der Waals surface area contributed by atoms with Gasteiger partial charge >= 0.3 is 29.7 Å². The fourth-order valence-electron chi connectivity index (χ4n) is 2.72. The molecule has 0 saturated heterocycles. The molecule has 186 valence electrons. The third-order valence-corrected chi connectivity index (χ3v) is 5.10. The molecular weight excluding hydrogens is 558 g/mol. The molecule has 0 unspecified atom stereocenters. The minimum atomic E-state index is -5.05. The zero-order valence-corrected chi connectivity index (χ0v) is 18.1. The Morgan fingerprint density at radius 3 is 2.00 bits per heavy atom. The van der Waals surface area contributed by atoms with Crippen molar-refractivity contribution in [2.45, 2.75) is 30.6 Å². The minimum Gasteiger partial charge on any atom is -0.461 e. The van der Waals surface area contributed by atoms with Crippen LogP contribution in [0.3, 0.4) is 0 Å². The van der Waals surface area contributed by atoms with Crippen LogP contribution in [0.4, 0.5) is 43.9 Å². The van der Waals surface area contributed by atoms with Gasteiger partial charge in [0.15, 0.2) is 0 Å². The summed E-state index contributed by atoms with van der Waals surface area (Å²) in [5.41, 5.74) is -3.28. The number of carbonyl (C=O) groups excluding carboxylic acids is 2. The first-order chi connectivity index (χ1) is 15.4. The Morgan fingerprint density at radius 2 is 1.47 bits per heavy atom. The van der Waals surface area contributed by atoms with Crippen LogP contribution in [-0.2, 0) is 21.4 Å². The number of hydrogen-bond donors (Lipinski definition) is 0. The van der Waals surface area contributed by atoms with Gasteiger partial charge in [-0.2, -0.15) is 35.1 Å². The normalized spacial score (nSPS) is 16.4. The van der Waals surface area contributed by atoms with Crippen molar-refractivity contribution in [2.75, 3.05) is 6.61 Å². The highest BCUT2D eigenvalue weighted by atomic mass is 79.9. The lowest BCUT2D eigenvalue weighted by Crippen LogP contribution is -2.46. The van der Waals surface area contributed by atoms with Gasteiger partial charge in [0.2, 0.25) is 5.78 Å². The first-order valence-electron chi connectivity index (χ1n) is 8.91. The Labute approximate surface area is 192 Å². The molecule has 0 N–H and O–H groups in total. The van der Waals surface area contributed by atoms with Gasteiger partial charge < -0.3 is 4.74 Å². The highest BCUT2D eigenvalue weighted by molar-refractivity contribution is 9.10. The van der Waals surface area contributed by atoms with Gasteiger partial charge in [-0.25, -0.2) is 13.6 Å². The molecule has 14 heteroatoms. The van der Waals surface area contributed by atoms with E-state index >= 15 is 0 Å². The Balaban J connectivity index is 0.000000246. The SMILES string of the molecule is CCOC(=O)C(F)(F)C(F)(F)c1ccc(F)cc1Br.O=C1c2cc(F)ccc2C(F)(F)C1(F)F. The predicted octanol–water partition coefficient (Wildman–Crippen LogP) is 6.63. The number of benzene rings is 2. The molecule has 2 aromatic carbocycles. The second kappa shape index (κ2) is 9.19. The summed E-state index contributed by atoms with van der Waals surface area (Å²) in [6, 6.07) is 3.18. The van der Waals surface area contributed by atoms with Crippen LogP contribution in [0.25, 0.3) is 0 Å². The summed E-state index contributed by atoms with van der Waals surface area (Å²) in [7, 11) is 0. The molecular formula is C20H11BrF10O3. The van der Waals surface area contributed by atoms with E-state index in [2.05, 4.69) is 20.7 Å². The highest BCUT2D eigenvalue weighted by Crippen LogP contribution is 2.51. The van der Waals surface area contributed by atoms with Crippen LogP contribution >= 0.6 is 15.9 Å². The summed E-state index contributed by atoms with van der Waals surface area (Å²) in [5.74, 6) is -25.5. The van der Waals surface area contributed by atoms with Crippen LogP contribution in [0, 0.1) is 11.6 Å². The summed E-state index contributed by atoms with van der Waals surface area (Å²) in [5, 5.41) is 0. The number of ether oxygens (including phenoxy) is 1. The number of Topliss-reactive ketones (excluding diaryl/α,β-unsaturated/α-hetero) is 1. The smallest absolute Gasteiger partial charge is 0.408 e. The van der Waals surface area contributed by atoms with E-state index < -0.39 is 74.8 Å². The van der Waals surface area contributed by atoms with Gasteiger partial charge in [0.05, 0.1) is 6.61 Å². The Hall–Kier alpha value is -2.64. The molecule has 0 bridgehead atoms. The van der Waals surface area contributed by atoms with Gasteiger partial charge in [0, 0.05) is 21.2 Å². The van der Waals surface area contributed by atoms with Crippen LogP contribution in [-0.4, -0.2) is 30.2 Å². The van der Waals surface area contributed by atoms with Crippen LogP contribution < -0.4 is 0 Å². The Kier molecular flexibility index (Phi) is 7.46. The lowest BCUT2D eigenvalue weighted by molar-refractivity contribution is -0.233. The zero-order chi connectivity index (χ0) is 26.3. The van der Waals surface area contributed by atoms with Crippen molar-refractivity contribution < 1.29 is 58.2 Å². The molecule has 3 nitrogen and oxygen atoms in total. The molecule has 0 saturated carbocycles. The molecule has 34 heavy (non-hydrogen) atoms. The van der Waals surface area contributed by atoms with Gasteiger partial charge in [-0.05, 0) is 43.3 Å². The quantitative estimate of drug-likeness (QED) is 0.307. The van der Waals surface area contributed by atoms with Crippen molar-refractivity contribution in [1.82, 2.24) is 0 Å². The molecule has 2 aromatic rings. The zero-order valence-electron chi connectivity index (χ0n) is 16.6. The molecule has 0 atom stereocenters. The van der Waals surface area contributed by atoms with E-state index in [4.69, 9.17) is 0 Å². The molecule has 0 fully saturated rings. The van der Waals surface area contributed by atoms with Crippen molar-refractivity contribution in [2.24, 2.45) is 0 Å². The number of halogens is 11. The molecule has 0 heterocycles. The number of hydrogen-bond acceptors (Lipinski definition) is 3. The highest BCUT2D eigenvalue weighted by Gasteiger charge is 2.69. The maximum absolute atomic E-state index is 13.7. The van der Waals surface area contributed by atoms with E-state index in [0.29, 0.717) is 36.4 Å². The number of esters is 1. The fourth-order valence-corrected chi connectivity index (χ4v) is 3.32.